The van der Waals surface area contributed by atoms with Crippen LogP contribution in [0.2, 0.25) is 0 Å². The van der Waals surface area contributed by atoms with Crippen LogP contribution in [0.15, 0.2) is 48.5 Å². The maximum absolute atomic E-state index is 10.1. The summed E-state index contributed by atoms with van der Waals surface area (Å²) in [5, 5.41) is 10.1. The highest BCUT2D eigenvalue weighted by molar-refractivity contribution is 5.44. The van der Waals surface area contributed by atoms with Crippen LogP contribution in [0.1, 0.15) is 23.7 Å². The van der Waals surface area contributed by atoms with Gasteiger partial charge in [-0.05, 0) is 36.1 Å². The molecule has 1 aliphatic heterocycles. The van der Waals surface area contributed by atoms with Crippen molar-refractivity contribution in [2.45, 2.75) is 18.9 Å². The summed E-state index contributed by atoms with van der Waals surface area (Å²) in [6.07, 6.45) is 1.09. The highest BCUT2D eigenvalue weighted by Gasteiger charge is 2.14. The molecule has 0 radical (unpaired) electrons. The van der Waals surface area contributed by atoms with Crippen molar-refractivity contribution in [3.05, 3.63) is 59.7 Å². The Hall–Kier alpha value is -2.00. The third kappa shape index (κ3) is 2.71. The zero-order chi connectivity index (χ0) is 13.1. The summed E-state index contributed by atoms with van der Waals surface area (Å²) in [4.78, 5) is 0. The van der Waals surface area contributed by atoms with Gasteiger partial charge in [-0.25, -0.2) is 0 Å². The van der Waals surface area contributed by atoms with Gasteiger partial charge in [0.1, 0.15) is 0 Å². The molecule has 98 valence electrons. The van der Waals surface area contributed by atoms with Crippen LogP contribution in [0, 0.1) is 0 Å². The quantitative estimate of drug-likeness (QED) is 0.913. The first-order chi connectivity index (χ1) is 9.33. The SMILES string of the molecule is OC(CCc1ccc2c(c1)OCO2)c1ccccc1. The molecule has 3 heteroatoms. The highest BCUT2D eigenvalue weighted by Crippen LogP contribution is 2.33. The molecule has 1 N–H and O–H groups in total. The zero-order valence-electron chi connectivity index (χ0n) is 10.6. The first-order valence-electron chi connectivity index (χ1n) is 6.44. The Balaban J connectivity index is 1.63. The Morgan fingerprint density at radius 2 is 1.79 bits per heavy atom. The lowest BCUT2D eigenvalue weighted by molar-refractivity contribution is 0.167. The van der Waals surface area contributed by atoms with Crippen LogP contribution in [0.25, 0.3) is 0 Å². The number of benzene rings is 2. The van der Waals surface area contributed by atoms with Gasteiger partial charge in [0, 0.05) is 0 Å². The second-order valence-electron chi connectivity index (χ2n) is 4.65. The summed E-state index contributed by atoms with van der Waals surface area (Å²) in [6.45, 7) is 0.297. The fourth-order valence-electron chi connectivity index (χ4n) is 2.24. The van der Waals surface area contributed by atoms with Crippen molar-refractivity contribution in [1.29, 1.82) is 0 Å². The molecule has 0 bridgehead atoms. The van der Waals surface area contributed by atoms with Crippen LogP contribution >= 0.6 is 0 Å². The van der Waals surface area contributed by atoms with Gasteiger partial charge in [0.05, 0.1) is 6.10 Å². The molecule has 0 aliphatic carbocycles. The Labute approximate surface area is 112 Å². The van der Waals surface area contributed by atoms with Crippen LogP contribution in [0.3, 0.4) is 0 Å². The minimum Gasteiger partial charge on any atom is -0.454 e. The van der Waals surface area contributed by atoms with Crippen molar-refractivity contribution in [1.82, 2.24) is 0 Å². The molecular weight excluding hydrogens is 240 g/mol. The molecule has 0 saturated carbocycles. The number of hydrogen-bond donors (Lipinski definition) is 1. The molecule has 1 aliphatic rings. The van der Waals surface area contributed by atoms with Gasteiger partial charge in [-0.3, -0.25) is 0 Å². The minimum atomic E-state index is -0.424. The average molecular weight is 256 g/mol. The van der Waals surface area contributed by atoms with Gasteiger partial charge in [-0.15, -0.1) is 0 Å². The number of aliphatic hydroxyl groups excluding tert-OH is 1. The standard InChI is InChI=1S/C16H16O3/c17-14(13-4-2-1-3-5-13)8-6-12-7-9-15-16(10-12)19-11-18-15/h1-5,7,9-10,14,17H,6,8,11H2. The molecule has 0 aromatic heterocycles. The zero-order valence-corrected chi connectivity index (χ0v) is 10.6. The number of rotatable bonds is 4. The molecule has 3 rings (SSSR count). The fourth-order valence-corrected chi connectivity index (χ4v) is 2.24. The third-order valence-electron chi connectivity index (χ3n) is 3.33. The van der Waals surface area contributed by atoms with Crippen molar-refractivity contribution in [3.63, 3.8) is 0 Å². The van der Waals surface area contributed by atoms with Crippen molar-refractivity contribution in [3.8, 4) is 11.5 Å². The van der Waals surface area contributed by atoms with E-state index in [1.165, 1.54) is 0 Å². The van der Waals surface area contributed by atoms with E-state index in [1.54, 1.807) is 0 Å². The lowest BCUT2D eigenvalue weighted by Crippen LogP contribution is -1.99. The van der Waals surface area contributed by atoms with Crippen LogP contribution in [0.4, 0.5) is 0 Å². The number of aryl methyl sites for hydroxylation is 1. The first-order valence-corrected chi connectivity index (χ1v) is 6.44. The van der Waals surface area contributed by atoms with E-state index in [0.717, 1.165) is 29.0 Å². The van der Waals surface area contributed by atoms with Crippen LogP contribution < -0.4 is 9.47 Å². The molecule has 2 aromatic carbocycles. The predicted molar refractivity (Wildman–Crippen MR) is 72.3 cm³/mol. The van der Waals surface area contributed by atoms with Gasteiger partial charge in [0.2, 0.25) is 6.79 Å². The van der Waals surface area contributed by atoms with Crippen LogP contribution in [0.5, 0.6) is 11.5 Å². The summed E-state index contributed by atoms with van der Waals surface area (Å²) in [6, 6.07) is 15.7. The maximum atomic E-state index is 10.1. The van der Waals surface area contributed by atoms with Gasteiger partial charge in [-0.2, -0.15) is 0 Å². The van der Waals surface area contributed by atoms with Crippen molar-refractivity contribution in [2.24, 2.45) is 0 Å². The van der Waals surface area contributed by atoms with Crippen LogP contribution in [-0.2, 0) is 6.42 Å². The van der Waals surface area contributed by atoms with Crippen molar-refractivity contribution < 1.29 is 14.6 Å². The van der Waals surface area contributed by atoms with E-state index in [2.05, 4.69) is 0 Å². The van der Waals surface area contributed by atoms with E-state index in [1.807, 2.05) is 48.5 Å². The first kappa shape index (κ1) is 12.1. The highest BCUT2D eigenvalue weighted by atomic mass is 16.7. The van der Waals surface area contributed by atoms with E-state index < -0.39 is 6.10 Å². The molecule has 1 atom stereocenters. The smallest absolute Gasteiger partial charge is 0.231 e. The summed E-state index contributed by atoms with van der Waals surface area (Å²) in [7, 11) is 0. The predicted octanol–water partition coefficient (Wildman–Crippen LogP) is 3.08. The van der Waals surface area contributed by atoms with Gasteiger partial charge < -0.3 is 14.6 Å². The molecule has 0 amide bonds. The summed E-state index contributed by atoms with van der Waals surface area (Å²) >= 11 is 0. The lowest BCUT2D eigenvalue weighted by Gasteiger charge is -2.11. The Kier molecular flexibility index (Phi) is 3.38. The summed E-state index contributed by atoms with van der Waals surface area (Å²) < 4.78 is 10.6. The minimum absolute atomic E-state index is 0.297. The van der Waals surface area contributed by atoms with Gasteiger partial charge in [0.15, 0.2) is 11.5 Å². The molecule has 0 fully saturated rings. The normalized spacial score (nSPS) is 14.4. The summed E-state index contributed by atoms with van der Waals surface area (Å²) in [5.74, 6) is 1.60. The molecule has 1 heterocycles. The second-order valence-corrected chi connectivity index (χ2v) is 4.65. The molecule has 2 aromatic rings. The number of fused-ring (bicyclic) bond motifs is 1. The molecular formula is C16H16O3. The van der Waals surface area contributed by atoms with E-state index in [0.29, 0.717) is 13.2 Å². The Bertz CT molecular complexity index is 551. The number of aliphatic hydroxyl groups is 1. The monoisotopic (exact) mass is 256 g/mol. The molecule has 3 nitrogen and oxygen atoms in total. The van der Waals surface area contributed by atoms with Gasteiger partial charge in [-0.1, -0.05) is 36.4 Å². The second kappa shape index (κ2) is 5.33. The third-order valence-corrected chi connectivity index (χ3v) is 3.33. The lowest BCUT2D eigenvalue weighted by atomic mass is 10.0. The molecule has 19 heavy (non-hydrogen) atoms. The maximum Gasteiger partial charge on any atom is 0.231 e. The molecule has 1 unspecified atom stereocenters. The molecule has 0 saturated heterocycles. The van der Waals surface area contributed by atoms with E-state index >= 15 is 0 Å². The fraction of sp³-hybridized carbons (Fsp3) is 0.250. The topological polar surface area (TPSA) is 38.7 Å². The molecule has 0 spiro atoms. The van der Waals surface area contributed by atoms with Crippen molar-refractivity contribution >= 4 is 0 Å². The number of ether oxygens (including phenoxy) is 2. The van der Waals surface area contributed by atoms with E-state index in [4.69, 9.17) is 9.47 Å². The Morgan fingerprint density at radius 1 is 1.00 bits per heavy atom. The average Bonchev–Trinajstić information content (AvgIpc) is 2.93. The van der Waals surface area contributed by atoms with Gasteiger partial charge in [0.25, 0.3) is 0 Å². The van der Waals surface area contributed by atoms with Crippen LogP contribution in [-0.4, -0.2) is 11.9 Å². The van der Waals surface area contributed by atoms with Gasteiger partial charge >= 0.3 is 0 Å². The Morgan fingerprint density at radius 3 is 2.63 bits per heavy atom. The summed E-state index contributed by atoms with van der Waals surface area (Å²) in [5.41, 5.74) is 2.11. The van der Waals surface area contributed by atoms with E-state index in [-0.39, 0.29) is 0 Å². The number of hydrogen-bond acceptors (Lipinski definition) is 3. The van der Waals surface area contributed by atoms with E-state index in [9.17, 15) is 5.11 Å². The van der Waals surface area contributed by atoms with Crippen molar-refractivity contribution in [2.75, 3.05) is 6.79 Å². The largest absolute Gasteiger partial charge is 0.454 e.